The zero-order chi connectivity index (χ0) is 21.7. The third-order valence-electron chi connectivity index (χ3n) is 4.36. The van der Waals surface area contributed by atoms with Crippen LogP contribution in [0.3, 0.4) is 0 Å². The smallest absolute Gasteiger partial charge is 0.387 e. The summed E-state index contributed by atoms with van der Waals surface area (Å²) in [7, 11) is 0. The van der Waals surface area contributed by atoms with E-state index in [4.69, 9.17) is 9.47 Å². The van der Waals surface area contributed by atoms with Gasteiger partial charge in [-0.3, -0.25) is 4.90 Å². The van der Waals surface area contributed by atoms with Crippen LogP contribution >= 0.6 is 0 Å². The minimum absolute atomic E-state index is 0.0895. The molecule has 0 radical (unpaired) electrons. The largest absolute Gasteiger partial charge is 0.490 e. The lowest BCUT2D eigenvalue weighted by Crippen LogP contribution is -2.50. The van der Waals surface area contributed by atoms with Gasteiger partial charge in [0.1, 0.15) is 0 Å². The fourth-order valence-corrected chi connectivity index (χ4v) is 3.27. The van der Waals surface area contributed by atoms with E-state index in [1.807, 2.05) is 13.8 Å². The molecule has 2 amide bonds. The molecule has 0 spiro atoms. The maximum atomic E-state index is 12.7. The number of hydrogen-bond acceptors (Lipinski definition) is 5. The second-order valence-corrected chi connectivity index (χ2v) is 6.58. The van der Waals surface area contributed by atoms with Crippen LogP contribution in [0.1, 0.15) is 46.2 Å². The lowest BCUT2D eigenvalue weighted by Gasteiger charge is -2.37. The van der Waals surface area contributed by atoms with Gasteiger partial charge in [0.25, 0.3) is 0 Å². The first-order valence-electron chi connectivity index (χ1n) is 9.40. The Hall–Kier alpha value is -2.84. The van der Waals surface area contributed by atoms with Gasteiger partial charge in [-0.05, 0) is 52.3 Å². The summed E-state index contributed by atoms with van der Waals surface area (Å²) in [5, 5.41) is 2.80. The topological polar surface area (TPSA) is 77.1 Å². The molecule has 1 aromatic carbocycles. The standard InChI is InChI=1S/C20H26F2N2O5/c1-6-27-15-10-13(8-9-14(15)29-19(21)22)17-16(18(25)28-7-2)12(5)24(11(3)4)20(26)23-17/h8-11,17,19H,6-7H2,1-5H3,(H,23,26)/t17-/m0/s1. The van der Waals surface area contributed by atoms with E-state index in [1.54, 1.807) is 20.8 Å². The van der Waals surface area contributed by atoms with Crippen molar-refractivity contribution in [3.63, 3.8) is 0 Å². The molecular weight excluding hydrogens is 386 g/mol. The summed E-state index contributed by atoms with van der Waals surface area (Å²) in [6.45, 7) is 6.11. The SMILES string of the molecule is CCOC(=O)C1=C(C)N(C(C)C)C(=O)N[C@H]1c1ccc(OC(F)F)c(OCC)c1. The van der Waals surface area contributed by atoms with E-state index in [0.717, 1.165) is 0 Å². The number of hydrogen-bond donors (Lipinski definition) is 1. The minimum Gasteiger partial charge on any atom is -0.490 e. The number of amides is 2. The number of carbonyl (C=O) groups is 2. The van der Waals surface area contributed by atoms with Crippen LogP contribution in [0.4, 0.5) is 13.6 Å². The molecular formula is C20H26F2N2O5. The predicted molar refractivity (Wildman–Crippen MR) is 102 cm³/mol. The normalized spacial score (nSPS) is 16.9. The molecule has 0 saturated carbocycles. The van der Waals surface area contributed by atoms with E-state index in [-0.39, 0.29) is 42.4 Å². The summed E-state index contributed by atoms with van der Waals surface area (Å²) < 4.78 is 40.4. The number of alkyl halides is 2. The molecule has 0 aliphatic carbocycles. The molecule has 0 aromatic heterocycles. The van der Waals surface area contributed by atoms with E-state index in [1.165, 1.54) is 23.1 Å². The summed E-state index contributed by atoms with van der Waals surface area (Å²) in [4.78, 5) is 26.8. The van der Waals surface area contributed by atoms with Crippen molar-refractivity contribution in [1.29, 1.82) is 0 Å². The molecule has 9 heteroatoms. The van der Waals surface area contributed by atoms with Crippen LogP contribution < -0.4 is 14.8 Å². The van der Waals surface area contributed by atoms with E-state index in [2.05, 4.69) is 10.1 Å². The van der Waals surface area contributed by atoms with Crippen LogP contribution in [0.5, 0.6) is 11.5 Å². The van der Waals surface area contributed by atoms with E-state index in [9.17, 15) is 18.4 Å². The molecule has 1 aliphatic rings. The van der Waals surface area contributed by atoms with E-state index < -0.39 is 18.6 Å². The van der Waals surface area contributed by atoms with Crippen molar-refractivity contribution in [3.8, 4) is 11.5 Å². The zero-order valence-corrected chi connectivity index (χ0v) is 17.1. The highest BCUT2D eigenvalue weighted by molar-refractivity contribution is 5.95. The Labute approximate surface area is 168 Å². The Bertz CT molecular complexity index is 795. The third kappa shape index (κ3) is 4.96. The maximum Gasteiger partial charge on any atom is 0.387 e. The number of carbonyl (C=O) groups excluding carboxylic acids is 2. The zero-order valence-electron chi connectivity index (χ0n) is 17.1. The molecule has 1 aromatic rings. The Morgan fingerprint density at radius 2 is 1.90 bits per heavy atom. The molecule has 1 N–H and O–H groups in total. The molecule has 0 saturated heterocycles. The minimum atomic E-state index is -3.01. The summed E-state index contributed by atoms with van der Waals surface area (Å²) >= 11 is 0. The Balaban J connectivity index is 2.56. The molecule has 0 unspecified atom stereocenters. The van der Waals surface area contributed by atoms with Crippen molar-refractivity contribution in [2.45, 2.75) is 53.3 Å². The van der Waals surface area contributed by atoms with Crippen LogP contribution in [0.2, 0.25) is 0 Å². The van der Waals surface area contributed by atoms with Crippen molar-refractivity contribution >= 4 is 12.0 Å². The van der Waals surface area contributed by atoms with Crippen molar-refractivity contribution < 1.29 is 32.6 Å². The fraction of sp³-hybridized carbons (Fsp3) is 0.500. The van der Waals surface area contributed by atoms with Gasteiger partial charge in [-0.25, -0.2) is 9.59 Å². The first-order valence-corrected chi connectivity index (χ1v) is 9.40. The molecule has 1 atom stereocenters. The van der Waals surface area contributed by atoms with Gasteiger partial charge in [-0.1, -0.05) is 6.07 Å². The van der Waals surface area contributed by atoms with Gasteiger partial charge in [-0.15, -0.1) is 0 Å². The number of urea groups is 1. The highest BCUT2D eigenvalue weighted by Crippen LogP contribution is 2.37. The monoisotopic (exact) mass is 412 g/mol. The molecule has 1 aliphatic heterocycles. The van der Waals surface area contributed by atoms with Crippen LogP contribution in [-0.2, 0) is 9.53 Å². The molecule has 160 valence electrons. The summed E-state index contributed by atoms with van der Waals surface area (Å²) in [5.74, 6) is -0.604. The number of ether oxygens (including phenoxy) is 3. The molecule has 0 bridgehead atoms. The second kappa shape index (κ2) is 9.58. The number of halogens is 2. The van der Waals surface area contributed by atoms with Crippen molar-refractivity contribution in [2.24, 2.45) is 0 Å². The molecule has 1 heterocycles. The third-order valence-corrected chi connectivity index (χ3v) is 4.36. The van der Waals surface area contributed by atoms with Crippen molar-refractivity contribution in [2.75, 3.05) is 13.2 Å². The number of esters is 1. The average Bonchev–Trinajstić information content (AvgIpc) is 2.62. The summed E-state index contributed by atoms with van der Waals surface area (Å²) in [6.07, 6.45) is 0. The second-order valence-electron chi connectivity index (χ2n) is 6.58. The quantitative estimate of drug-likeness (QED) is 0.653. The molecule has 7 nitrogen and oxygen atoms in total. The number of nitrogens with one attached hydrogen (secondary N) is 1. The summed E-state index contributed by atoms with van der Waals surface area (Å²) in [6, 6.07) is 2.93. The van der Waals surface area contributed by atoms with Crippen LogP contribution in [0, 0.1) is 0 Å². The van der Waals surface area contributed by atoms with E-state index in [0.29, 0.717) is 11.3 Å². The first kappa shape index (κ1) is 22.4. The van der Waals surface area contributed by atoms with Gasteiger partial charge < -0.3 is 19.5 Å². The lowest BCUT2D eigenvalue weighted by molar-refractivity contribution is -0.139. The fourth-order valence-electron chi connectivity index (χ4n) is 3.27. The molecule has 29 heavy (non-hydrogen) atoms. The van der Waals surface area contributed by atoms with Gasteiger partial charge in [0, 0.05) is 11.7 Å². The highest BCUT2D eigenvalue weighted by Gasteiger charge is 2.37. The Morgan fingerprint density at radius 1 is 1.21 bits per heavy atom. The first-order chi connectivity index (χ1) is 13.7. The average molecular weight is 412 g/mol. The number of nitrogens with zero attached hydrogens (tertiary/aromatic N) is 1. The molecule has 2 rings (SSSR count). The van der Waals surface area contributed by atoms with Crippen molar-refractivity contribution in [1.82, 2.24) is 10.2 Å². The van der Waals surface area contributed by atoms with Gasteiger partial charge in [0.2, 0.25) is 0 Å². The van der Waals surface area contributed by atoms with Crippen LogP contribution in [0.25, 0.3) is 0 Å². The lowest BCUT2D eigenvalue weighted by atomic mass is 9.94. The number of rotatable bonds is 8. The highest BCUT2D eigenvalue weighted by atomic mass is 19.3. The predicted octanol–water partition coefficient (Wildman–Crippen LogP) is 4.00. The van der Waals surface area contributed by atoms with Crippen molar-refractivity contribution in [3.05, 3.63) is 35.0 Å². The van der Waals surface area contributed by atoms with Crippen LogP contribution in [-0.4, -0.2) is 42.8 Å². The number of allylic oxidation sites excluding steroid dienone is 1. The Morgan fingerprint density at radius 3 is 2.45 bits per heavy atom. The van der Waals surface area contributed by atoms with E-state index >= 15 is 0 Å². The summed E-state index contributed by atoms with van der Waals surface area (Å²) in [5.41, 5.74) is 1.22. The van der Waals surface area contributed by atoms with Gasteiger partial charge >= 0.3 is 18.6 Å². The van der Waals surface area contributed by atoms with Gasteiger partial charge in [0.15, 0.2) is 11.5 Å². The maximum absolute atomic E-state index is 12.7. The van der Waals surface area contributed by atoms with Crippen LogP contribution in [0.15, 0.2) is 29.5 Å². The number of benzene rings is 1. The van der Waals surface area contributed by atoms with Gasteiger partial charge in [-0.2, -0.15) is 8.78 Å². The Kier molecular flexibility index (Phi) is 7.41. The van der Waals surface area contributed by atoms with Gasteiger partial charge in [0.05, 0.1) is 24.8 Å². The molecule has 0 fully saturated rings.